The molecular formula is C14H17NO3. The lowest BCUT2D eigenvalue weighted by Crippen LogP contribution is -2.10. The van der Waals surface area contributed by atoms with Crippen LogP contribution in [0.3, 0.4) is 0 Å². The van der Waals surface area contributed by atoms with Gasteiger partial charge in [0.2, 0.25) is 0 Å². The van der Waals surface area contributed by atoms with Crippen LogP contribution in [0.2, 0.25) is 0 Å². The van der Waals surface area contributed by atoms with Crippen molar-refractivity contribution in [2.45, 2.75) is 33.3 Å². The summed E-state index contributed by atoms with van der Waals surface area (Å²) in [5.41, 5.74) is 2.77. The largest absolute Gasteiger partial charge is 0.466 e. The third-order valence-electron chi connectivity index (χ3n) is 2.74. The van der Waals surface area contributed by atoms with Crippen molar-refractivity contribution in [3.8, 4) is 6.07 Å². The Morgan fingerprint density at radius 1 is 1.33 bits per heavy atom. The maximum Gasteiger partial charge on any atom is 0.310 e. The van der Waals surface area contributed by atoms with E-state index < -0.39 is 0 Å². The second-order valence-corrected chi connectivity index (χ2v) is 3.88. The maximum absolute atomic E-state index is 11.5. The van der Waals surface area contributed by atoms with Crippen molar-refractivity contribution < 1.29 is 14.6 Å². The molecule has 0 saturated carbocycles. The van der Waals surface area contributed by atoms with Crippen LogP contribution < -0.4 is 0 Å². The monoisotopic (exact) mass is 247 g/mol. The Bertz CT molecular complexity index is 475. The van der Waals surface area contributed by atoms with E-state index in [2.05, 4.69) is 6.07 Å². The molecule has 4 nitrogen and oxygen atoms in total. The highest BCUT2D eigenvalue weighted by Gasteiger charge is 2.12. The van der Waals surface area contributed by atoms with Crippen LogP contribution in [0.5, 0.6) is 0 Å². The average molecular weight is 247 g/mol. The summed E-state index contributed by atoms with van der Waals surface area (Å²) in [5.74, 6) is -0.320. The molecule has 0 spiro atoms. The van der Waals surface area contributed by atoms with Gasteiger partial charge in [-0.1, -0.05) is 13.0 Å². The van der Waals surface area contributed by atoms with Gasteiger partial charge in [0.25, 0.3) is 0 Å². The first-order valence-electron chi connectivity index (χ1n) is 5.97. The lowest BCUT2D eigenvalue weighted by molar-refractivity contribution is -0.142. The van der Waals surface area contributed by atoms with Gasteiger partial charge < -0.3 is 9.84 Å². The number of carbonyl (C=O) groups is 1. The number of benzene rings is 1. The molecule has 0 aliphatic carbocycles. The topological polar surface area (TPSA) is 70.3 Å². The molecule has 0 radical (unpaired) electrons. The van der Waals surface area contributed by atoms with Gasteiger partial charge in [-0.2, -0.15) is 5.26 Å². The van der Waals surface area contributed by atoms with E-state index in [1.165, 1.54) is 0 Å². The van der Waals surface area contributed by atoms with Gasteiger partial charge >= 0.3 is 5.97 Å². The number of aryl methyl sites for hydroxylation is 1. The van der Waals surface area contributed by atoms with Crippen LogP contribution in [0, 0.1) is 11.3 Å². The second kappa shape index (κ2) is 6.77. The van der Waals surface area contributed by atoms with Gasteiger partial charge in [-0.05, 0) is 36.1 Å². The lowest BCUT2D eigenvalue weighted by atomic mass is 9.96. The van der Waals surface area contributed by atoms with Crippen molar-refractivity contribution in [1.29, 1.82) is 5.26 Å². The summed E-state index contributed by atoms with van der Waals surface area (Å²) in [4.78, 5) is 11.5. The molecule has 1 aromatic carbocycles. The molecular weight excluding hydrogens is 230 g/mol. The molecule has 1 rings (SSSR count). The van der Waals surface area contributed by atoms with Crippen molar-refractivity contribution >= 4 is 5.97 Å². The van der Waals surface area contributed by atoms with Crippen LogP contribution in [0.4, 0.5) is 0 Å². The zero-order valence-corrected chi connectivity index (χ0v) is 10.7. The van der Waals surface area contributed by atoms with E-state index in [4.69, 9.17) is 10.00 Å². The van der Waals surface area contributed by atoms with Gasteiger partial charge in [-0.15, -0.1) is 0 Å². The zero-order chi connectivity index (χ0) is 13.5. The van der Waals surface area contributed by atoms with E-state index in [0.29, 0.717) is 24.2 Å². The quantitative estimate of drug-likeness (QED) is 0.804. The molecule has 0 aromatic heterocycles. The molecule has 0 heterocycles. The molecule has 0 fully saturated rings. The lowest BCUT2D eigenvalue weighted by Gasteiger charge is -2.11. The summed E-state index contributed by atoms with van der Waals surface area (Å²) >= 11 is 0. The number of carbonyl (C=O) groups excluding carboxylic acids is 1. The molecule has 0 saturated heterocycles. The first-order valence-corrected chi connectivity index (χ1v) is 5.97. The molecule has 18 heavy (non-hydrogen) atoms. The van der Waals surface area contributed by atoms with Crippen LogP contribution in [0.1, 0.15) is 36.1 Å². The van der Waals surface area contributed by atoms with Crippen molar-refractivity contribution in [2.75, 3.05) is 6.61 Å². The number of ether oxygens (including phenoxy) is 1. The first-order chi connectivity index (χ1) is 8.65. The minimum absolute atomic E-state index is 0.127. The summed E-state index contributed by atoms with van der Waals surface area (Å²) in [6.45, 7) is 3.85. The third-order valence-corrected chi connectivity index (χ3v) is 2.74. The van der Waals surface area contributed by atoms with Crippen LogP contribution in [0.15, 0.2) is 12.1 Å². The third kappa shape index (κ3) is 3.31. The van der Waals surface area contributed by atoms with Gasteiger partial charge in [0, 0.05) is 0 Å². The summed E-state index contributed by atoms with van der Waals surface area (Å²) in [5, 5.41) is 18.3. The fourth-order valence-electron chi connectivity index (χ4n) is 1.82. The van der Waals surface area contributed by atoms with Crippen LogP contribution in [0.25, 0.3) is 0 Å². The number of nitriles is 1. The first kappa shape index (κ1) is 14.2. The molecule has 0 unspecified atom stereocenters. The van der Waals surface area contributed by atoms with Crippen molar-refractivity contribution in [1.82, 2.24) is 0 Å². The second-order valence-electron chi connectivity index (χ2n) is 3.88. The highest BCUT2D eigenvalue weighted by molar-refractivity contribution is 5.73. The van der Waals surface area contributed by atoms with E-state index in [-0.39, 0.29) is 19.0 Å². The van der Waals surface area contributed by atoms with E-state index in [1.807, 2.05) is 6.92 Å². The predicted molar refractivity (Wildman–Crippen MR) is 66.8 cm³/mol. The van der Waals surface area contributed by atoms with Gasteiger partial charge in [-0.25, -0.2) is 0 Å². The van der Waals surface area contributed by atoms with Crippen LogP contribution >= 0.6 is 0 Å². The predicted octanol–water partition coefficient (Wildman–Crippen LogP) is 1.72. The fourth-order valence-corrected chi connectivity index (χ4v) is 1.82. The number of aliphatic hydroxyl groups is 1. The average Bonchev–Trinajstić information content (AvgIpc) is 2.38. The highest BCUT2D eigenvalue weighted by Crippen LogP contribution is 2.18. The van der Waals surface area contributed by atoms with E-state index in [0.717, 1.165) is 11.1 Å². The SMILES string of the molecule is CCOC(=O)Cc1cc(CC)c(C#N)cc1CO. The Kier molecular flexibility index (Phi) is 5.34. The van der Waals surface area contributed by atoms with E-state index in [1.54, 1.807) is 19.1 Å². The number of rotatable bonds is 5. The van der Waals surface area contributed by atoms with Gasteiger partial charge in [0.05, 0.1) is 31.3 Å². The van der Waals surface area contributed by atoms with E-state index >= 15 is 0 Å². The van der Waals surface area contributed by atoms with E-state index in [9.17, 15) is 9.90 Å². The smallest absolute Gasteiger partial charge is 0.310 e. The Morgan fingerprint density at radius 2 is 2.06 bits per heavy atom. The van der Waals surface area contributed by atoms with Crippen molar-refractivity contribution in [3.05, 3.63) is 34.4 Å². The summed E-state index contributed by atoms with van der Waals surface area (Å²) < 4.78 is 4.89. The molecule has 0 aliphatic heterocycles. The number of nitrogens with zero attached hydrogens (tertiary/aromatic N) is 1. The van der Waals surface area contributed by atoms with Crippen molar-refractivity contribution in [2.24, 2.45) is 0 Å². The zero-order valence-electron chi connectivity index (χ0n) is 10.7. The van der Waals surface area contributed by atoms with Gasteiger partial charge in [-0.3, -0.25) is 4.79 Å². The van der Waals surface area contributed by atoms with Gasteiger partial charge in [0.1, 0.15) is 0 Å². The summed E-state index contributed by atoms with van der Waals surface area (Å²) in [6, 6.07) is 5.55. The number of hydrogen-bond donors (Lipinski definition) is 1. The van der Waals surface area contributed by atoms with Crippen LogP contribution in [-0.4, -0.2) is 17.7 Å². The molecule has 0 bridgehead atoms. The molecule has 0 aliphatic rings. The Labute approximate surface area is 107 Å². The highest BCUT2D eigenvalue weighted by atomic mass is 16.5. The fraction of sp³-hybridized carbons (Fsp3) is 0.429. The molecule has 1 N–H and O–H groups in total. The standard InChI is InChI=1S/C14H17NO3/c1-3-10-5-11(7-14(17)18-4-2)13(9-16)6-12(10)8-15/h5-6,16H,3-4,7,9H2,1-2H3. The van der Waals surface area contributed by atoms with Crippen LogP contribution in [-0.2, 0) is 29.0 Å². The molecule has 96 valence electrons. The minimum Gasteiger partial charge on any atom is -0.466 e. The summed E-state index contributed by atoms with van der Waals surface area (Å²) in [6.07, 6.45) is 0.840. The summed E-state index contributed by atoms with van der Waals surface area (Å²) in [7, 11) is 0. The molecule has 0 atom stereocenters. The Balaban J connectivity index is 3.10. The van der Waals surface area contributed by atoms with Crippen molar-refractivity contribution in [3.63, 3.8) is 0 Å². The Hall–Kier alpha value is -1.86. The Morgan fingerprint density at radius 3 is 2.56 bits per heavy atom. The number of hydrogen-bond acceptors (Lipinski definition) is 4. The maximum atomic E-state index is 11.5. The van der Waals surface area contributed by atoms with Gasteiger partial charge in [0.15, 0.2) is 0 Å². The molecule has 4 heteroatoms. The minimum atomic E-state index is -0.320. The normalized spacial score (nSPS) is 9.89. The number of aliphatic hydroxyl groups excluding tert-OH is 1. The number of esters is 1. The molecule has 1 aromatic rings. The molecule has 0 amide bonds.